The number of rotatable bonds is 5. The summed E-state index contributed by atoms with van der Waals surface area (Å²) < 4.78 is 34.6. The second kappa shape index (κ2) is 6.95. The summed E-state index contributed by atoms with van der Waals surface area (Å²) in [6, 6.07) is 7.89. The average molecular weight is 395 g/mol. The Kier molecular flexibility index (Phi) is 4.89. The van der Waals surface area contributed by atoms with Gasteiger partial charge < -0.3 is 8.92 Å². The first kappa shape index (κ1) is 17.6. The number of carbonyl (C=O) groups excluding carboxylic acids is 1. The summed E-state index contributed by atoms with van der Waals surface area (Å²) in [6.45, 7) is 1.91. The van der Waals surface area contributed by atoms with Crippen LogP contribution in [0.25, 0.3) is 10.6 Å². The maximum Gasteiger partial charge on any atom is 0.349 e. The number of aryl methyl sites for hydroxylation is 1. The van der Waals surface area contributed by atoms with E-state index in [9.17, 15) is 13.2 Å². The number of aromatic nitrogens is 1. The molecule has 3 aromatic rings. The molecule has 2 heterocycles. The van der Waals surface area contributed by atoms with E-state index in [2.05, 4.69) is 9.72 Å². The molecular weight excluding hydrogens is 382 g/mol. The van der Waals surface area contributed by atoms with Gasteiger partial charge in [0.25, 0.3) is 0 Å². The lowest BCUT2D eigenvalue weighted by molar-refractivity contribution is 0.0602. The van der Waals surface area contributed by atoms with Crippen molar-refractivity contribution in [2.24, 2.45) is 0 Å². The number of hydrogen-bond donors (Lipinski definition) is 0. The van der Waals surface area contributed by atoms with Crippen molar-refractivity contribution in [3.63, 3.8) is 0 Å². The zero-order valence-electron chi connectivity index (χ0n) is 13.3. The third-order valence-corrected chi connectivity index (χ3v) is 6.52. The van der Waals surface area contributed by atoms with Gasteiger partial charge in [0.2, 0.25) is 0 Å². The number of carbonyl (C=O) groups is 1. The number of nitrogens with zero attached hydrogens (tertiary/aromatic N) is 1. The Morgan fingerprint density at radius 3 is 2.44 bits per heavy atom. The van der Waals surface area contributed by atoms with Gasteiger partial charge in [-0.15, -0.1) is 22.7 Å². The molecule has 1 aromatic carbocycles. The molecule has 0 aliphatic rings. The number of methoxy groups -OCH3 is 1. The molecule has 0 N–H and O–H groups in total. The predicted molar refractivity (Wildman–Crippen MR) is 95.8 cm³/mol. The van der Waals surface area contributed by atoms with E-state index in [0.717, 1.165) is 27.6 Å². The molecule has 0 unspecified atom stereocenters. The molecular formula is C16H13NO5S3. The minimum Gasteiger partial charge on any atom is -0.465 e. The van der Waals surface area contributed by atoms with E-state index in [1.165, 1.54) is 29.9 Å². The largest absolute Gasteiger partial charge is 0.465 e. The molecule has 25 heavy (non-hydrogen) atoms. The molecule has 0 amide bonds. The second-order valence-electron chi connectivity index (χ2n) is 4.96. The Morgan fingerprint density at radius 1 is 1.12 bits per heavy atom. The van der Waals surface area contributed by atoms with Crippen LogP contribution in [0.3, 0.4) is 0 Å². The molecule has 0 saturated carbocycles. The highest BCUT2D eigenvalue weighted by atomic mass is 32.2. The van der Waals surface area contributed by atoms with Crippen LogP contribution in [-0.2, 0) is 14.9 Å². The summed E-state index contributed by atoms with van der Waals surface area (Å²) >= 11 is 2.49. The Labute approximate surface area is 152 Å². The maximum atomic E-state index is 12.4. The molecule has 9 heteroatoms. The summed E-state index contributed by atoms with van der Waals surface area (Å²) in [5, 5.41) is 4.28. The van der Waals surface area contributed by atoms with Crippen LogP contribution in [0.5, 0.6) is 5.75 Å². The molecule has 0 radical (unpaired) electrons. The highest BCUT2D eigenvalue weighted by Crippen LogP contribution is 2.29. The van der Waals surface area contributed by atoms with Crippen LogP contribution >= 0.6 is 22.7 Å². The van der Waals surface area contributed by atoms with E-state index in [0.29, 0.717) is 0 Å². The highest BCUT2D eigenvalue weighted by molar-refractivity contribution is 7.87. The first-order valence-electron chi connectivity index (χ1n) is 7.03. The molecule has 6 nitrogen and oxygen atoms in total. The normalized spacial score (nSPS) is 11.3. The van der Waals surface area contributed by atoms with Crippen molar-refractivity contribution in [2.75, 3.05) is 7.11 Å². The summed E-state index contributed by atoms with van der Waals surface area (Å²) in [7, 11) is -2.94. The maximum absolute atomic E-state index is 12.4. The highest BCUT2D eigenvalue weighted by Gasteiger charge is 2.26. The third kappa shape index (κ3) is 3.73. The van der Waals surface area contributed by atoms with Crippen molar-refractivity contribution in [1.82, 2.24) is 4.98 Å². The first-order chi connectivity index (χ1) is 11.9. The van der Waals surface area contributed by atoms with Gasteiger partial charge in [-0.1, -0.05) is 0 Å². The van der Waals surface area contributed by atoms with Crippen molar-refractivity contribution in [1.29, 1.82) is 0 Å². The summed E-state index contributed by atoms with van der Waals surface area (Å²) in [5.41, 5.74) is 1.80. The first-order valence-corrected chi connectivity index (χ1v) is 10.2. The fourth-order valence-corrected chi connectivity index (χ4v) is 5.09. The van der Waals surface area contributed by atoms with E-state index in [-0.39, 0.29) is 15.5 Å². The van der Waals surface area contributed by atoms with E-state index in [4.69, 9.17) is 4.18 Å². The van der Waals surface area contributed by atoms with Crippen LogP contribution in [0.15, 0.2) is 46.0 Å². The summed E-state index contributed by atoms with van der Waals surface area (Å²) in [4.78, 5) is 15.8. The molecule has 0 bridgehead atoms. The van der Waals surface area contributed by atoms with Crippen LogP contribution in [0.2, 0.25) is 0 Å². The van der Waals surface area contributed by atoms with Gasteiger partial charge in [-0.25, -0.2) is 9.78 Å². The SMILES string of the molecule is COC(=O)c1sccc1S(=O)(=O)Oc1ccc(-c2nc(C)cs2)cc1. The number of ether oxygens (including phenoxy) is 1. The minimum atomic E-state index is -4.13. The van der Waals surface area contributed by atoms with Crippen LogP contribution in [0.4, 0.5) is 0 Å². The van der Waals surface area contributed by atoms with Crippen molar-refractivity contribution in [3.8, 4) is 16.3 Å². The van der Waals surface area contributed by atoms with Gasteiger partial charge >= 0.3 is 16.1 Å². The number of thiazole rings is 1. The Hall–Kier alpha value is -2.23. The van der Waals surface area contributed by atoms with Gasteiger partial charge in [0, 0.05) is 16.6 Å². The smallest absolute Gasteiger partial charge is 0.349 e. The van der Waals surface area contributed by atoms with Crippen LogP contribution in [0.1, 0.15) is 15.4 Å². The van der Waals surface area contributed by atoms with Crippen LogP contribution < -0.4 is 4.18 Å². The number of benzene rings is 1. The van der Waals surface area contributed by atoms with Crippen molar-refractivity contribution >= 4 is 38.8 Å². The van der Waals surface area contributed by atoms with Crippen molar-refractivity contribution < 1.29 is 22.1 Å². The number of esters is 1. The van der Waals surface area contributed by atoms with Gasteiger partial charge in [0.05, 0.1) is 7.11 Å². The zero-order chi connectivity index (χ0) is 18.0. The lowest BCUT2D eigenvalue weighted by atomic mass is 10.2. The zero-order valence-corrected chi connectivity index (χ0v) is 15.7. The molecule has 3 rings (SSSR count). The van der Waals surface area contributed by atoms with Gasteiger partial charge in [-0.3, -0.25) is 0 Å². The molecule has 2 aromatic heterocycles. The molecule has 0 fully saturated rings. The van der Waals surface area contributed by atoms with E-state index < -0.39 is 16.1 Å². The van der Waals surface area contributed by atoms with Gasteiger partial charge in [-0.2, -0.15) is 8.42 Å². The Morgan fingerprint density at radius 2 is 1.84 bits per heavy atom. The Balaban J connectivity index is 1.84. The van der Waals surface area contributed by atoms with Crippen molar-refractivity contribution in [2.45, 2.75) is 11.8 Å². The average Bonchev–Trinajstić information content (AvgIpc) is 3.24. The van der Waals surface area contributed by atoms with E-state index in [1.54, 1.807) is 24.3 Å². The topological polar surface area (TPSA) is 82.6 Å². The van der Waals surface area contributed by atoms with Gasteiger partial charge in [0.1, 0.15) is 20.5 Å². The van der Waals surface area contributed by atoms with E-state index >= 15 is 0 Å². The van der Waals surface area contributed by atoms with E-state index in [1.807, 2.05) is 12.3 Å². The van der Waals surface area contributed by atoms with Gasteiger partial charge in [-0.05, 0) is 42.6 Å². The lowest BCUT2D eigenvalue weighted by Crippen LogP contribution is -2.13. The molecule has 0 spiro atoms. The minimum absolute atomic E-state index is 0.0163. The second-order valence-corrected chi connectivity index (χ2v) is 8.25. The summed E-state index contributed by atoms with van der Waals surface area (Å²) in [5.74, 6) is -0.564. The Bertz CT molecular complexity index is 1000. The number of hydrogen-bond acceptors (Lipinski definition) is 8. The monoisotopic (exact) mass is 395 g/mol. The fraction of sp³-hybridized carbons (Fsp3) is 0.125. The third-order valence-electron chi connectivity index (χ3n) is 3.20. The molecule has 130 valence electrons. The molecule has 0 aliphatic heterocycles. The fourth-order valence-electron chi connectivity index (χ4n) is 2.05. The van der Waals surface area contributed by atoms with Crippen molar-refractivity contribution in [3.05, 3.63) is 51.7 Å². The molecule has 0 aliphatic carbocycles. The summed E-state index contributed by atoms with van der Waals surface area (Å²) in [6.07, 6.45) is 0. The van der Waals surface area contributed by atoms with Crippen LogP contribution in [-0.4, -0.2) is 26.5 Å². The van der Waals surface area contributed by atoms with Crippen LogP contribution in [0, 0.1) is 6.92 Å². The lowest BCUT2D eigenvalue weighted by Gasteiger charge is -2.07. The number of thiophene rings is 1. The standard InChI is InChI=1S/C16H13NO5S3/c1-10-9-24-15(17-10)11-3-5-12(6-4-11)22-25(19,20)13-7-8-23-14(13)16(18)21-2/h3-9H,1-2H3. The predicted octanol–water partition coefficient (Wildman–Crippen LogP) is 3.73. The molecule has 0 atom stereocenters. The quantitative estimate of drug-likeness (QED) is 0.483. The molecule has 0 saturated heterocycles. The van der Waals surface area contributed by atoms with Gasteiger partial charge in [0.15, 0.2) is 0 Å².